The molecule has 2 N–H and O–H groups in total. The number of benzene rings is 4. The van der Waals surface area contributed by atoms with E-state index >= 15 is 0 Å². The monoisotopic (exact) mass is 604 g/mol. The topological polar surface area (TPSA) is 64.7 Å². The van der Waals surface area contributed by atoms with Crippen molar-refractivity contribution in [1.82, 2.24) is 15.0 Å². The molecule has 0 amide bonds. The molecule has 1 aliphatic carbocycles. The van der Waals surface area contributed by atoms with Gasteiger partial charge in [-0.25, -0.2) is 15.0 Å². The molecule has 0 radical (unpaired) electrons. The molecule has 4 heteroatoms. The molecular formula is C43H32N4. The maximum atomic E-state index is 6.66. The summed E-state index contributed by atoms with van der Waals surface area (Å²) >= 11 is 0. The maximum absolute atomic E-state index is 6.66. The Bertz CT molecular complexity index is 2540. The summed E-state index contributed by atoms with van der Waals surface area (Å²) in [5.74, 6) is 0. The molecule has 224 valence electrons. The highest BCUT2D eigenvalue weighted by Gasteiger charge is 2.10. The molecule has 7 aromatic rings. The van der Waals surface area contributed by atoms with Gasteiger partial charge in [0.2, 0.25) is 0 Å². The molecule has 1 aliphatic rings. The number of nitrogens with two attached hydrogens (primary N) is 1. The summed E-state index contributed by atoms with van der Waals surface area (Å²) in [5, 5.41) is 5.08. The second-order valence-electron chi connectivity index (χ2n) is 11.9. The van der Waals surface area contributed by atoms with Crippen molar-refractivity contribution in [3.05, 3.63) is 161 Å². The molecule has 8 rings (SSSR count). The van der Waals surface area contributed by atoms with Crippen molar-refractivity contribution >= 4 is 56.6 Å². The van der Waals surface area contributed by atoms with Crippen molar-refractivity contribution in [3.8, 4) is 22.5 Å². The molecular weight excluding hydrogens is 573 g/mol. The molecule has 0 saturated carbocycles. The van der Waals surface area contributed by atoms with Crippen molar-refractivity contribution in [1.29, 1.82) is 0 Å². The van der Waals surface area contributed by atoms with Gasteiger partial charge in [0, 0.05) is 38.2 Å². The minimum atomic E-state index is 0.660. The average Bonchev–Trinajstić information content (AvgIpc) is 3.14. The lowest BCUT2D eigenvalue weighted by molar-refractivity contribution is 1.04. The number of pyridine rings is 3. The smallest absolute Gasteiger partial charge is 0.0972 e. The van der Waals surface area contributed by atoms with E-state index in [9.17, 15) is 0 Å². The Morgan fingerprint density at radius 2 is 1.26 bits per heavy atom. The number of nitrogens with zero attached hydrogens (tertiary/aromatic N) is 3. The summed E-state index contributed by atoms with van der Waals surface area (Å²) in [6.07, 6.45) is 12.5. The molecule has 0 unspecified atom stereocenters. The first-order chi connectivity index (χ1) is 23.1. The van der Waals surface area contributed by atoms with Crippen molar-refractivity contribution in [2.24, 2.45) is 5.73 Å². The number of hydrogen-bond acceptors (Lipinski definition) is 4. The Labute approximate surface area is 273 Å². The van der Waals surface area contributed by atoms with Crippen LogP contribution in [0.2, 0.25) is 0 Å². The maximum Gasteiger partial charge on any atom is 0.0972 e. The largest absolute Gasteiger partial charge is 0.398 e. The molecule has 4 aromatic carbocycles. The third kappa shape index (κ3) is 5.51. The fourth-order valence-corrected chi connectivity index (χ4v) is 6.25. The van der Waals surface area contributed by atoms with Crippen LogP contribution in [0.1, 0.15) is 24.1 Å². The highest BCUT2D eigenvalue weighted by molar-refractivity contribution is 6.04. The summed E-state index contributed by atoms with van der Waals surface area (Å²) in [4.78, 5) is 15.2. The zero-order valence-electron chi connectivity index (χ0n) is 25.9. The van der Waals surface area contributed by atoms with Gasteiger partial charge in [-0.05, 0) is 59.5 Å². The van der Waals surface area contributed by atoms with Crippen LogP contribution in [-0.2, 0) is 0 Å². The lowest BCUT2D eigenvalue weighted by Gasteiger charge is -2.10. The number of fused-ring (bicyclic) bond motifs is 4. The van der Waals surface area contributed by atoms with E-state index in [1.807, 2.05) is 42.5 Å². The Kier molecular flexibility index (Phi) is 7.23. The summed E-state index contributed by atoms with van der Waals surface area (Å²) in [7, 11) is 0. The van der Waals surface area contributed by atoms with E-state index in [4.69, 9.17) is 20.7 Å². The van der Waals surface area contributed by atoms with E-state index in [2.05, 4.69) is 110 Å². The second-order valence-corrected chi connectivity index (χ2v) is 11.9. The molecule has 0 atom stereocenters. The Balaban J connectivity index is 1.14. The van der Waals surface area contributed by atoms with E-state index in [1.165, 1.54) is 5.57 Å². The van der Waals surface area contributed by atoms with Gasteiger partial charge in [-0.15, -0.1) is 0 Å². The SMILES string of the molecule is C=c1/c(=C\C=C(/N)c2cccc(-c3ccc4ccc5ccc(-c6ccccc6)nc5c4n3)c2)ccc2ccc(C3=CC=CCC3)nc12. The van der Waals surface area contributed by atoms with Gasteiger partial charge >= 0.3 is 0 Å². The van der Waals surface area contributed by atoms with Crippen LogP contribution in [-0.4, -0.2) is 15.0 Å². The molecule has 47 heavy (non-hydrogen) atoms. The van der Waals surface area contributed by atoms with Crippen LogP contribution in [0.4, 0.5) is 0 Å². The first-order valence-electron chi connectivity index (χ1n) is 15.9. The quantitative estimate of drug-likeness (QED) is 0.200. The van der Waals surface area contributed by atoms with Gasteiger partial charge in [0.05, 0.1) is 33.6 Å². The standard InChI is InChI=1S/C43H32N4/c1-28-29(15-16-32-20-24-38(45-41(28)32)30-9-4-2-5-10-30)19-23-37(44)35-13-8-14-36(27-35)40-26-22-34-18-17-33-21-25-39(31-11-6-3-7-12-31)46-42(33)43(34)47-40/h2-4,6-9,11-27H,1,5,10,44H2/b29-19-,37-23-. The van der Waals surface area contributed by atoms with Crippen molar-refractivity contribution < 1.29 is 0 Å². The zero-order valence-corrected chi connectivity index (χ0v) is 25.9. The predicted octanol–water partition coefficient (Wildman–Crippen LogP) is 8.59. The van der Waals surface area contributed by atoms with Crippen LogP contribution < -0.4 is 16.2 Å². The Hall–Kier alpha value is -6.13. The second kappa shape index (κ2) is 12.0. The highest BCUT2D eigenvalue weighted by atomic mass is 14.8. The number of allylic oxidation sites excluding steroid dienone is 5. The van der Waals surface area contributed by atoms with Crippen molar-refractivity contribution in [3.63, 3.8) is 0 Å². The minimum absolute atomic E-state index is 0.660. The van der Waals surface area contributed by atoms with Gasteiger partial charge in [-0.1, -0.05) is 122 Å². The highest BCUT2D eigenvalue weighted by Crippen LogP contribution is 2.29. The third-order valence-electron chi connectivity index (χ3n) is 8.87. The van der Waals surface area contributed by atoms with E-state index in [-0.39, 0.29) is 0 Å². The van der Waals surface area contributed by atoms with Crippen molar-refractivity contribution in [2.75, 3.05) is 0 Å². The summed E-state index contributed by atoms with van der Waals surface area (Å²) in [6, 6.07) is 39.4. The first-order valence-corrected chi connectivity index (χ1v) is 15.9. The first kappa shape index (κ1) is 28.4. The van der Waals surface area contributed by atoms with E-state index < -0.39 is 0 Å². The van der Waals surface area contributed by atoms with Crippen LogP contribution >= 0.6 is 0 Å². The fraction of sp³-hybridized carbons (Fsp3) is 0.0465. The predicted molar refractivity (Wildman–Crippen MR) is 197 cm³/mol. The average molecular weight is 605 g/mol. The molecule has 3 aromatic heterocycles. The Morgan fingerprint density at radius 1 is 0.638 bits per heavy atom. The van der Waals surface area contributed by atoms with Gasteiger partial charge in [-0.3, -0.25) is 0 Å². The molecule has 3 heterocycles. The van der Waals surface area contributed by atoms with Gasteiger partial charge in [0.1, 0.15) is 0 Å². The lowest BCUT2D eigenvalue weighted by Crippen LogP contribution is -2.24. The van der Waals surface area contributed by atoms with Crippen molar-refractivity contribution in [2.45, 2.75) is 12.8 Å². The van der Waals surface area contributed by atoms with Crippen LogP contribution in [0, 0.1) is 0 Å². The minimum Gasteiger partial charge on any atom is -0.398 e. The van der Waals surface area contributed by atoms with E-state index in [0.717, 1.165) is 89.8 Å². The number of hydrogen-bond donors (Lipinski definition) is 1. The Morgan fingerprint density at radius 3 is 1.98 bits per heavy atom. The zero-order chi connectivity index (χ0) is 31.7. The van der Waals surface area contributed by atoms with Gasteiger partial charge in [-0.2, -0.15) is 0 Å². The fourth-order valence-electron chi connectivity index (χ4n) is 6.25. The van der Waals surface area contributed by atoms with E-state index in [1.54, 1.807) is 0 Å². The normalized spacial score (nSPS) is 13.8. The van der Waals surface area contributed by atoms with Crippen LogP contribution in [0.25, 0.3) is 79.1 Å². The van der Waals surface area contributed by atoms with Crippen LogP contribution in [0.15, 0.2) is 140 Å². The van der Waals surface area contributed by atoms with Crippen LogP contribution in [0.5, 0.6) is 0 Å². The summed E-state index contributed by atoms with van der Waals surface area (Å²) in [5.41, 5.74) is 17.1. The molecule has 0 saturated heterocycles. The summed E-state index contributed by atoms with van der Waals surface area (Å²) in [6.45, 7) is 4.40. The van der Waals surface area contributed by atoms with E-state index in [0.29, 0.717) is 5.70 Å². The molecule has 4 nitrogen and oxygen atoms in total. The lowest BCUT2D eigenvalue weighted by atomic mass is 10.0. The number of aromatic nitrogens is 3. The number of rotatable bonds is 5. The van der Waals surface area contributed by atoms with Crippen LogP contribution in [0.3, 0.4) is 0 Å². The summed E-state index contributed by atoms with van der Waals surface area (Å²) < 4.78 is 0. The van der Waals surface area contributed by atoms with Gasteiger partial charge in [0.15, 0.2) is 0 Å². The third-order valence-corrected chi connectivity index (χ3v) is 8.87. The van der Waals surface area contributed by atoms with Gasteiger partial charge in [0.25, 0.3) is 0 Å². The molecule has 0 bridgehead atoms. The van der Waals surface area contributed by atoms with Gasteiger partial charge < -0.3 is 5.73 Å². The molecule has 0 aliphatic heterocycles. The molecule has 0 fully saturated rings. The molecule has 0 spiro atoms.